The average Bonchev–Trinajstić information content (AvgIpc) is 2.50. The summed E-state index contributed by atoms with van der Waals surface area (Å²) in [5, 5.41) is 11.5. The van der Waals surface area contributed by atoms with Crippen molar-refractivity contribution in [3.63, 3.8) is 0 Å². The molecule has 0 atom stereocenters. The van der Waals surface area contributed by atoms with Gasteiger partial charge in [0.25, 0.3) is 0 Å². The van der Waals surface area contributed by atoms with Gasteiger partial charge in [0.2, 0.25) is 5.91 Å². The molecule has 0 aliphatic rings. The zero-order valence-electron chi connectivity index (χ0n) is 13.6. The number of carbonyl (C=O) groups excluding carboxylic acids is 2. The number of hydrogen-bond acceptors (Lipinski definition) is 3. The molecular weight excluding hydrogens is 278 g/mol. The van der Waals surface area contributed by atoms with Crippen molar-refractivity contribution in [2.24, 2.45) is 0 Å². The van der Waals surface area contributed by atoms with E-state index in [0.717, 1.165) is 31.4 Å². The highest BCUT2D eigenvalue weighted by Crippen LogP contribution is 2.17. The Morgan fingerprint density at radius 3 is 2.14 bits per heavy atom. The zero-order valence-corrected chi connectivity index (χ0v) is 13.6. The SMILES string of the molecule is CC(C)c1ccc(NC(=O)CCCCCCC(=O)CO)cc1. The molecule has 0 aliphatic carbocycles. The number of benzene rings is 1. The molecule has 1 aromatic rings. The maximum atomic E-state index is 11.8. The Bertz CT molecular complexity index is 466. The first-order valence-corrected chi connectivity index (χ1v) is 8.05. The third-order valence-corrected chi connectivity index (χ3v) is 3.65. The lowest BCUT2D eigenvalue weighted by Crippen LogP contribution is -2.11. The second kappa shape index (κ2) is 10.1. The van der Waals surface area contributed by atoms with Crippen LogP contribution in [-0.4, -0.2) is 23.4 Å². The average molecular weight is 305 g/mol. The molecule has 0 aliphatic heterocycles. The van der Waals surface area contributed by atoms with Crippen molar-refractivity contribution in [1.29, 1.82) is 0 Å². The van der Waals surface area contributed by atoms with Crippen LogP contribution in [-0.2, 0) is 9.59 Å². The first kappa shape index (κ1) is 18.4. The van der Waals surface area contributed by atoms with Gasteiger partial charge in [-0.3, -0.25) is 9.59 Å². The molecular formula is C18H27NO3. The fourth-order valence-corrected chi connectivity index (χ4v) is 2.22. The number of rotatable bonds is 10. The number of aliphatic hydroxyl groups excluding tert-OH is 1. The third kappa shape index (κ3) is 7.36. The van der Waals surface area contributed by atoms with Gasteiger partial charge in [0, 0.05) is 18.5 Å². The summed E-state index contributed by atoms with van der Waals surface area (Å²) in [6.45, 7) is 3.92. The van der Waals surface area contributed by atoms with Gasteiger partial charge in [0.1, 0.15) is 6.61 Å². The van der Waals surface area contributed by atoms with E-state index >= 15 is 0 Å². The van der Waals surface area contributed by atoms with Crippen LogP contribution in [0.3, 0.4) is 0 Å². The molecule has 0 aromatic heterocycles. The molecule has 2 N–H and O–H groups in total. The van der Waals surface area contributed by atoms with Gasteiger partial charge in [0.05, 0.1) is 0 Å². The Morgan fingerprint density at radius 1 is 1.00 bits per heavy atom. The van der Waals surface area contributed by atoms with Crippen molar-refractivity contribution < 1.29 is 14.7 Å². The molecule has 0 unspecified atom stereocenters. The molecule has 1 rings (SSSR count). The number of nitrogens with one attached hydrogen (secondary N) is 1. The van der Waals surface area contributed by atoms with E-state index in [4.69, 9.17) is 5.11 Å². The minimum absolute atomic E-state index is 0.0312. The van der Waals surface area contributed by atoms with Crippen LogP contribution in [0, 0.1) is 0 Å². The molecule has 1 aromatic carbocycles. The molecule has 0 spiro atoms. The van der Waals surface area contributed by atoms with Crippen molar-refractivity contribution in [3.8, 4) is 0 Å². The molecule has 0 saturated heterocycles. The van der Waals surface area contributed by atoms with E-state index in [1.807, 2.05) is 24.3 Å². The van der Waals surface area contributed by atoms with Crippen LogP contribution in [0.5, 0.6) is 0 Å². The first-order chi connectivity index (χ1) is 10.5. The van der Waals surface area contributed by atoms with Gasteiger partial charge in [-0.2, -0.15) is 0 Å². The molecule has 4 heteroatoms. The molecule has 4 nitrogen and oxygen atoms in total. The lowest BCUT2D eigenvalue weighted by atomic mass is 10.0. The fraction of sp³-hybridized carbons (Fsp3) is 0.556. The minimum Gasteiger partial charge on any atom is -0.389 e. The summed E-state index contributed by atoms with van der Waals surface area (Å²) in [6.07, 6.45) is 4.40. The van der Waals surface area contributed by atoms with E-state index < -0.39 is 0 Å². The summed E-state index contributed by atoms with van der Waals surface area (Å²) in [5.74, 6) is 0.411. The van der Waals surface area contributed by atoms with Crippen LogP contribution >= 0.6 is 0 Å². The van der Waals surface area contributed by atoms with E-state index in [-0.39, 0.29) is 18.3 Å². The molecule has 0 heterocycles. The summed E-state index contributed by atoms with van der Waals surface area (Å²) >= 11 is 0. The maximum absolute atomic E-state index is 11.8. The maximum Gasteiger partial charge on any atom is 0.224 e. The Hall–Kier alpha value is -1.68. The van der Waals surface area contributed by atoms with Crippen molar-refractivity contribution in [3.05, 3.63) is 29.8 Å². The second-order valence-electron chi connectivity index (χ2n) is 5.94. The zero-order chi connectivity index (χ0) is 16.4. The van der Waals surface area contributed by atoms with Gasteiger partial charge >= 0.3 is 0 Å². The van der Waals surface area contributed by atoms with Crippen LogP contribution < -0.4 is 5.32 Å². The Balaban J connectivity index is 2.17. The number of anilines is 1. The summed E-state index contributed by atoms with van der Waals surface area (Å²) in [4.78, 5) is 22.7. The molecule has 22 heavy (non-hydrogen) atoms. The number of hydrogen-bond donors (Lipinski definition) is 2. The number of amides is 1. The summed E-state index contributed by atoms with van der Waals surface area (Å²) in [5.41, 5.74) is 2.10. The molecule has 0 saturated carbocycles. The quantitative estimate of drug-likeness (QED) is 0.648. The third-order valence-electron chi connectivity index (χ3n) is 3.65. The fourth-order valence-electron chi connectivity index (χ4n) is 2.22. The van der Waals surface area contributed by atoms with Crippen LogP contribution in [0.25, 0.3) is 0 Å². The Kier molecular flexibility index (Phi) is 8.44. The highest BCUT2D eigenvalue weighted by molar-refractivity contribution is 5.90. The van der Waals surface area contributed by atoms with Crippen molar-refractivity contribution >= 4 is 17.4 Å². The van der Waals surface area contributed by atoms with Crippen LogP contribution in [0.4, 0.5) is 5.69 Å². The molecule has 122 valence electrons. The second-order valence-corrected chi connectivity index (χ2v) is 5.94. The lowest BCUT2D eigenvalue weighted by molar-refractivity contribution is -0.122. The van der Waals surface area contributed by atoms with Crippen LogP contribution in [0.2, 0.25) is 0 Å². The number of unbranched alkanes of at least 4 members (excludes halogenated alkanes) is 3. The first-order valence-electron chi connectivity index (χ1n) is 8.05. The molecule has 0 bridgehead atoms. The molecule has 1 amide bonds. The van der Waals surface area contributed by atoms with E-state index in [1.54, 1.807) is 0 Å². The van der Waals surface area contributed by atoms with E-state index in [2.05, 4.69) is 19.2 Å². The van der Waals surface area contributed by atoms with Crippen molar-refractivity contribution in [2.75, 3.05) is 11.9 Å². The van der Waals surface area contributed by atoms with Crippen LogP contribution in [0.1, 0.15) is 63.9 Å². The summed E-state index contributed by atoms with van der Waals surface area (Å²) in [7, 11) is 0. The van der Waals surface area contributed by atoms with Gasteiger partial charge < -0.3 is 10.4 Å². The monoisotopic (exact) mass is 305 g/mol. The molecule has 0 fully saturated rings. The highest BCUT2D eigenvalue weighted by Gasteiger charge is 2.04. The van der Waals surface area contributed by atoms with E-state index in [1.165, 1.54) is 5.56 Å². The normalized spacial score (nSPS) is 10.7. The van der Waals surface area contributed by atoms with Gasteiger partial charge in [-0.25, -0.2) is 0 Å². The van der Waals surface area contributed by atoms with Crippen molar-refractivity contribution in [2.45, 2.75) is 58.3 Å². The predicted molar refractivity (Wildman–Crippen MR) is 89.0 cm³/mol. The van der Waals surface area contributed by atoms with Crippen molar-refractivity contribution in [1.82, 2.24) is 0 Å². The largest absolute Gasteiger partial charge is 0.389 e. The number of carbonyl (C=O) groups is 2. The number of Topliss-reactive ketones (excluding diaryl/α,β-unsaturated/α-hetero) is 1. The molecule has 0 radical (unpaired) electrons. The highest BCUT2D eigenvalue weighted by atomic mass is 16.3. The Labute approximate surface area is 132 Å². The van der Waals surface area contributed by atoms with Gasteiger partial charge in [-0.15, -0.1) is 0 Å². The summed E-state index contributed by atoms with van der Waals surface area (Å²) in [6, 6.07) is 7.96. The van der Waals surface area contributed by atoms with Gasteiger partial charge in [0.15, 0.2) is 5.78 Å². The van der Waals surface area contributed by atoms with E-state index in [0.29, 0.717) is 18.8 Å². The topological polar surface area (TPSA) is 66.4 Å². The number of aliphatic hydroxyl groups is 1. The van der Waals surface area contributed by atoms with E-state index in [9.17, 15) is 9.59 Å². The standard InChI is InChI=1S/C18H27NO3/c1-14(2)15-9-11-16(12-10-15)19-18(22)8-6-4-3-5-7-17(21)13-20/h9-12,14,20H,3-8,13H2,1-2H3,(H,19,22). The van der Waals surface area contributed by atoms with Gasteiger partial charge in [-0.1, -0.05) is 38.8 Å². The summed E-state index contributed by atoms with van der Waals surface area (Å²) < 4.78 is 0. The lowest BCUT2D eigenvalue weighted by Gasteiger charge is -2.08. The van der Waals surface area contributed by atoms with Gasteiger partial charge in [-0.05, 0) is 36.5 Å². The van der Waals surface area contributed by atoms with Crippen LogP contribution in [0.15, 0.2) is 24.3 Å². The predicted octanol–water partition coefficient (Wildman–Crippen LogP) is 3.65. The smallest absolute Gasteiger partial charge is 0.224 e. The number of ketones is 1. The Morgan fingerprint density at radius 2 is 1.59 bits per heavy atom. The minimum atomic E-state index is -0.363.